The first-order valence-electron chi connectivity index (χ1n) is 5.94. The van der Waals surface area contributed by atoms with Gasteiger partial charge in [0.15, 0.2) is 0 Å². The summed E-state index contributed by atoms with van der Waals surface area (Å²) < 4.78 is 1.04. The summed E-state index contributed by atoms with van der Waals surface area (Å²) in [7, 11) is 0. The minimum atomic E-state index is -0.363. The van der Waals surface area contributed by atoms with Crippen LogP contribution in [0.5, 0.6) is 0 Å². The lowest BCUT2D eigenvalue weighted by Gasteiger charge is -2.10. The molecule has 0 saturated carbocycles. The normalized spacial score (nSPS) is 12.4. The van der Waals surface area contributed by atoms with Gasteiger partial charge in [-0.2, -0.15) is 0 Å². The Balaban J connectivity index is 1.86. The molecule has 0 aliphatic carbocycles. The lowest BCUT2D eigenvalue weighted by Crippen LogP contribution is -2.13. The molecule has 2 aromatic carbocycles. The summed E-state index contributed by atoms with van der Waals surface area (Å²) >= 11 is 11.0. The quantitative estimate of drug-likeness (QED) is 0.776. The Morgan fingerprint density at radius 2 is 1.95 bits per heavy atom. The number of rotatable bonds is 5. The maximum Gasteiger partial charge on any atom is 0.0674 e. The third-order valence-electron chi connectivity index (χ3n) is 2.60. The van der Waals surface area contributed by atoms with Crippen molar-refractivity contribution in [2.75, 3.05) is 5.75 Å². The van der Waals surface area contributed by atoms with Gasteiger partial charge in [-0.3, -0.25) is 0 Å². The first-order chi connectivity index (χ1) is 9.13. The van der Waals surface area contributed by atoms with E-state index in [2.05, 4.69) is 15.9 Å². The lowest BCUT2D eigenvalue weighted by atomic mass is 10.1. The molecule has 2 aromatic rings. The molecule has 1 unspecified atom stereocenters. The Hall–Kier alpha value is -0.480. The van der Waals surface area contributed by atoms with E-state index >= 15 is 0 Å². The molecule has 1 atom stereocenters. The van der Waals surface area contributed by atoms with Gasteiger partial charge < -0.3 is 5.11 Å². The number of halogens is 2. The predicted octanol–water partition coefficient (Wildman–Crippen LogP) is 4.80. The van der Waals surface area contributed by atoms with E-state index in [0.29, 0.717) is 12.2 Å². The van der Waals surface area contributed by atoms with Gasteiger partial charge in [-0.05, 0) is 42.3 Å². The number of hydrogen-bond donors (Lipinski definition) is 1. The van der Waals surface area contributed by atoms with Crippen molar-refractivity contribution < 1.29 is 5.11 Å². The second kappa shape index (κ2) is 7.34. The van der Waals surface area contributed by atoms with Gasteiger partial charge in [0.2, 0.25) is 0 Å². The van der Waals surface area contributed by atoms with Crippen LogP contribution in [0.3, 0.4) is 0 Å². The van der Waals surface area contributed by atoms with Crippen LogP contribution in [0.1, 0.15) is 5.56 Å². The van der Waals surface area contributed by atoms with Gasteiger partial charge >= 0.3 is 0 Å². The smallest absolute Gasteiger partial charge is 0.0674 e. The summed E-state index contributed by atoms with van der Waals surface area (Å²) in [5, 5.41) is 10.8. The summed E-state index contributed by atoms with van der Waals surface area (Å²) in [6.45, 7) is 0. The molecular weight excluding hydrogens is 344 g/mol. The molecule has 1 N–H and O–H groups in total. The molecule has 0 fully saturated rings. The van der Waals surface area contributed by atoms with Crippen LogP contribution in [0.2, 0.25) is 5.02 Å². The Morgan fingerprint density at radius 3 is 2.68 bits per heavy atom. The van der Waals surface area contributed by atoms with Crippen molar-refractivity contribution in [1.29, 1.82) is 0 Å². The van der Waals surface area contributed by atoms with Crippen molar-refractivity contribution in [2.45, 2.75) is 17.4 Å². The van der Waals surface area contributed by atoms with Crippen molar-refractivity contribution in [1.82, 2.24) is 0 Å². The largest absolute Gasteiger partial charge is 0.392 e. The van der Waals surface area contributed by atoms with Crippen LogP contribution in [0.4, 0.5) is 0 Å². The second-order valence-electron chi connectivity index (χ2n) is 4.26. The van der Waals surface area contributed by atoms with Gasteiger partial charge in [-0.15, -0.1) is 11.8 Å². The number of aliphatic hydroxyl groups is 1. The third-order valence-corrected chi connectivity index (χ3v) is 4.47. The second-order valence-corrected chi connectivity index (χ2v) is 6.70. The van der Waals surface area contributed by atoms with Crippen LogP contribution in [-0.4, -0.2) is 17.0 Å². The van der Waals surface area contributed by atoms with Crippen molar-refractivity contribution in [3.05, 3.63) is 63.6 Å². The van der Waals surface area contributed by atoms with E-state index in [1.165, 1.54) is 0 Å². The van der Waals surface area contributed by atoms with E-state index in [4.69, 9.17) is 11.6 Å². The highest BCUT2D eigenvalue weighted by atomic mass is 79.9. The zero-order chi connectivity index (χ0) is 13.7. The molecule has 2 rings (SSSR count). The predicted molar refractivity (Wildman–Crippen MR) is 86.0 cm³/mol. The maximum atomic E-state index is 10.1. The van der Waals surface area contributed by atoms with Crippen LogP contribution in [-0.2, 0) is 6.42 Å². The number of hydrogen-bond acceptors (Lipinski definition) is 2. The average Bonchev–Trinajstić information content (AvgIpc) is 2.36. The molecule has 0 aliphatic heterocycles. The molecule has 4 heteroatoms. The van der Waals surface area contributed by atoms with Gasteiger partial charge in [0, 0.05) is 20.1 Å². The average molecular weight is 358 g/mol. The summed E-state index contributed by atoms with van der Waals surface area (Å²) in [5.74, 6) is 0.660. The molecule has 100 valence electrons. The Morgan fingerprint density at radius 1 is 1.16 bits per heavy atom. The topological polar surface area (TPSA) is 20.2 Å². The van der Waals surface area contributed by atoms with E-state index in [1.807, 2.05) is 48.5 Å². The van der Waals surface area contributed by atoms with Crippen LogP contribution < -0.4 is 0 Å². The van der Waals surface area contributed by atoms with Crippen molar-refractivity contribution in [2.24, 2.45) is 0 Å². The SMILES string of the molecule is OC(CSc1cccc(Cl)c1)Cc1cccc(Br)c1. The van der Waals surface area contributed by atoms with Crippen molar-refractivity contribution in [3.8, 4) is 0 Å². The van der Waals surface area contributed by atoms with Crippen LogP contribution in [0.25, 0.3) is 0 Å². The van der Waals surface area contributed by atoms with Gasteiger partial charge in [0.05, 0.1) is 6.10 Å². The summed E-state index contributed by atoms with van der Waals surface area (Å²) in [5.41, 5.74) is 1.13. The van der Waals surface area contributed by atoms with Crippen LogP contribution >= 0.6 is 39.3 Å². The highest BCUT2D eigenvalue weighted by Crippen LogP contribution is 2.23. The zero-order valence-electron chi connectivity index (χ0n) is 10.2. The minimum Gasteiger partial charge on any atom is -0.392 e. The fraction of sp³-hybridized carbons (Fsp3) is 0.200. The molecule has 19 heavy (non-hydrogen) atoms. The molecule has 0 saturated heterocycles. The molecule has 0 spiro atoms. The highest BCUT2D eigenvalue weighted by Gasteiger charge is 2.07. The van der Waals surface area contributed by atoms with E-state index in [1.54, 1.807) is 11.8 Å². The van der Waals surface area contributed by atoms with E-state index < -0.39 is 0 Å². The van der Waals surface area contributed by atoms with Gasteiger partial charge in [-0.25, -0.2) is 0 Å². The van der Waals surface area contributed by atoms with Gasteiger partial charge in [0.25, 0.3) is 0 Å². The molecule has 0 heterocycles. The van der Waals surface area contributed by atoms with Gasteiger partial charge in [-0.1, -0.05) is 45.7 Å². The summed E-state index contributed by atoms with van der Waals surface area (Å²) in [4.78, 5) is 1.08. The van der Waals surface area contributed by atoms with Crippen LogP contribution in [0, 0.1) is 0 Å². The number of thioether (sulfide) groups is 1. The third kappa shape index (κ3) is 5.19. The monoisotopic (exact) mass is 356 g/mol. The molecule has 1 nitrogen and oxygen atoms in total. The van der Waals surface area contributed by atoms with E-state index in [0.717, 1.165) is 20.0 Å². The molecule has 0 amide bonds. The minimum absolute atomic E-state index is 0.363. The summed E-state index contributed by atoms with van der Waals surface area (Å²) in [6, 6.07) is 15.7. The van der Waals surface area contributed by atoms with Gasteiger partial charge in [0.1, 0.15) is 0 Å². The molecule has 0 radical (unpaired) electrons. The van der Waals surface area contributed by atoms with Crippen molar-refractivity contribution >= 4 is 39.3 Å². The fourth-order valence-electron chi connectivity index (χ4n) is 1.74. The number of benzene rings is 2. The Kier molecular flexibility index (Phi) is 5.76. The van der Waals surface area contributed by atoms with E-state index in [9.17, 15) is 5.11 Å². The van der Waals surface area contributed by atoms with Crippen molar-refractivity contribution in [3.63, 3.8) is 0 Å². The Bertz CT molecular complexity index is 547. The van der Waals surface area contributed by atoms with E-state index in [-0.39, 0.29) is 6.10 Å². The molecule has 0 bridgehead atoms. The summed E-state index contributed by atoms with van der Waals surface area (Å²) in [6.07, 6.45) is 0.297. The molecule has 0 aliphatic rings. The number of aliphatic hydroxyl groups excluding tert-OH is 1. The first kappa shape index (κ1) is 14.9. The lowest BCUT2D eigenvalue weighted by molar-refractivity contribution is 0.200. The fourth-order valence-corrected chi connectivity index (χ4v) is 3.33. The standard InChI is InChI=1S/C15H14BrClOS/c16-12-4-1-3-11(7-12)8-14(18)10-19-15-6-2-5-13(17)9-15/h1-7,9,14,18H,8,10H2. The zero-order valence-corrected chi connectivity index (χ0v) is 13.4. The highest BCUT2D eigenvalue weighted by molar-refractivity contribution is 9.10. The molecule has 0 aromatic heterocycles. The Labute approximate surface area is 131 Å². The van der Waals surface area contributed by atoms with Crippen LogP contribution in [0.15, 0.2) is 57.9 Å². The maximum absolute atomic E-state index is 10.1. The molecular formula is C15H14BrClOS. The first-order valence-corrected chi connectivity index (χ1v) is 8.10.